The van der Waals surface area contributed by atoms with E-state index in [1.165, 1.54) is 5.56 Å². The summed E-state index contributed by atoms with van der Waals surface area (Å²) in [6.45, 7) is 3.34. The summed E-state index contributed by atoms with van der Waals surface area (Å²) in [7, 11) is 0. The molecule has 1 aromatic rings. The molecule has 0 saturated carbocycles. The highest BCUT2D eigenvalue weighted by Crippen LogP contribution is 2.17. The number of anilines is 1. The van der Waals surface area contributed by atoms with E-state index in [9.17, 15) is 4.79 Å². The maximum atomic E-state index is 11.9. The quantitative estimate of drug-likeness (QED) is 0.888. The van der Waals surface area contributed by atoms with Crippen molar-refractivity contribution in [2.45, 2.75) is 19.1 Å². The molecule has 1 aliphatic heterocycles. The predicted octanol–water partition coefficient (Wildman–Crippen LogP) is 2.31. The Morgan fingerprint density at radius 2 is 2.56 bits per heavy atom. The first kappa shape index (κ1) is 13.4. The number of thioether (sulfide) groups is 1. The van der Waals surface area contributed by atoms with Crippen LogP contribution in [0.5, 0.6) is 0 Å². The largest absolute Gasteiger partial charge is 0.381 e. The first-order valence-corrected chi connectivity index (χ1v) is 7.36. The molecule has 0 bridgehead atoms. The highest BCUT2D eigenvalue weighted by molar-refractivity contribution is 7.98. The number of rotatable bonds is 5. The zero-order valence-electron chi connectivity index (χ0n) is 10.5. The van der Waals surface area contributed by atoms with Crippen molar-refractivity contribution in [2.75, 3.05) is 24.3 Å². The number of carbonyl (C=O) groups is 1. The average molecular weight is 266 g/mol. The molecule has 1 aromatic heterocycles. The predicted molar refractivity (Wildman–Crippen MR) is 73.6 cm³/mol. The average Bonchev–Trinajstić information content (AvgIpc) is 2.91. The van der Waals surface area contributed by atoms with E-state index in [1.807, 2.05) is 23.9 Å². The van der Waals surface area contributed by atoms with Gasteiger partial charge in [0.15, 0.2) is 0 Å². The maximum Gasteiger partial charge on any atom is 0.231 e. The zero-order valence-corrected chi connectivity index (χ0v) is 11.3. The normalized spacial score (nSPS) is 18.8. The molecule has 0 aromatic carbocycles. The third-order valence-corrected chi connectivity index (χ3v) is 3.79. The molecule has 1 atom stereocenters. The standard InChI is InChI=1S/C13H18N2O2S/c1-2-18-9-10-3-5-14-12(7-10)15-13(16)11-4-6-17-8-11/h3,5,7,11H,2,4,6,8-9H2,1H3,(H,14,15,16)/t11-/m1/s1. The molecule has 1 saturated heterocycles. The van der Waals surface area contributed by atoms with Gasteiger partial charge >= 0.3 is 0 Å². The number of aromatic nitrogens is 1. The minimum absolute atomic E-state index is 0.0142. The molecule has 0 unspecified atom stereocenters. The van der Waals surface area contributed by atoms with Crippen molar-refractivity contribution in [1.29, 1.82) is 0 Å². The molecule has 2 heterocycles. The summed E-state index contributed by atoms with van der Waals surface area (Å²) in [6.07, 6.45) is 2.55. The van der Waals surface area contributed by atoms with Gasteiger partial charge in [0.1, 0.15) is 5.82 Å². The molecular weight excluding hydrogens is 248 g/mol. The Hall–Kier alpha value is -1.07. The van der Waals surface area contributed by atoms with Gasteiger partial charge in [0, 0.05) is 18.6 Å². The number of nitrogens with zero attached hydrogens (tertiary/aromatic N) is 1. The van der Waals surface area contributed by atoms with Crippen molar-refractivity contribution < 1.29 is 9.53 Å². The van der Waals surface area contributed by atoms with Crippen LogP contribution >= 0.6 is 11.8 Å². The third kappa shape index (κ3) is 3.71. The van der Waals surface area contributed by atoms with E-state index in [2.05, 4.69) is 17.2 Å². The minimum atomic E-state index is -0.0273. The Labute approximate surface area is 112 Å². The Kier molecular flexibility index (Phi) is 5.01. The Bertz CT molecular complexity index is 406. The lowest BCUT2D eigenvalue weighted by Gasteiger charge is -2.09. The molecule has 5 heteroatoms. The van der Waals surface area contributed by atoms with Gasteiger partial charge in [0.2, 0.25) is 5.91 Å². The molecule has 0 spiro atoms. The summed E-state index contributed by atoms with van der Waals surface area (Å²) in [5.41, 5.74) is 1.19. The lowest BCUT2D eigenvalue weighted by atomic mass is 10.1. The van der Waals surface area contributed by atoms with Gasteiger partial charge in [-0.1, -0.05) is 6.92 Å². The second-order valence-corrected chi connectivity index (χ2v) is 5.51. The van der Waals surface area contributed by atoms with Crippen molar-refractivity contribution in [3.8, 4) is 0 Å². The van der Waals surface area contributed by atoms with Crippen molar-refractivity contribution in [1.82, 2.24) is 4.98 Å². The molecule has 98 valence electrons. The summed E-state index contributed by atoms with van der Waals surface area (Å²) in [5.74, 6) is 2.67. The molecular formula is C13H18N2O2S. The van der Waals surface area contributed by atoms with Gasteiger partial charge in [-0.3, -0.25) is 4.79 Å². The van der Waals surface area contributed by atoms with Gasteiger partial charge in [-0.25, -0.2) is 4.98 Å². The highest BCUT2D eigenvalue weighted by Gasteiger charge is 2.23. The number of hydrogen-bond donors (Lipinski definition) is 1. The zero-order chi connectivity index (χ0) is 12.8. The van der Waals surface area contributed by atoms with Gasteiger partial charge < -0.3 is 10.1 Å². The van der Waals surface area contributed by atoms with Crippen molar-refractivity contribution in [2.24, 2.45) is 5.92 Å². The minimum Gasteiger partial charge on any atom is -0.381 e. The number of carbonyl (C=O) groups excluding carboxylic acids is 1. The fourth-order valence-corrected chi connectivity index (χ4v) is 2.44. The summed E-state index contributed by atoms with van der Waals surface area (Å²) in [5, 5.41) is 2.86. The fourth-order valence-electron chi connectivity index (χ4n) is 1.82. The van der Waals surface area contributed by atoms with Crippen LogP contribution < -0.4 is 5.32 Å². The van der Waals surface area contributed by atoms with E-state index >= 15 is 0 Å². The first-order chi connectivity index (χ1) is 8.79. The number of ether oxygens (including phenoxy) is 1. The number of nitrogens with one attached hydrogen (secondary N) is 1. The van der Waals surface area contributed by atoms with Crippen LogP contribution in [0.1, 0.15) is 18.9 Å². The van der Waals surface area contributed by atoms with Crippen molar-refractivity contribution in [3.63, 3.8) is 0 Å². The number of hydrogen-bond acceptors (Lipinski definition) is 4. The summed E-state index contributed by atoms with van der Waals surface area (Å²) < 4.78 is 5.21. The van der Waals surface area contributed by atoms with E-state index in [0.717, 1.165) is 17.9 Å². The van der Waals surface area contributed by atoms with E-state index in [1.54, 1.807) is 6.20 Å². The second-order valence-electron chi connectivity index (χ2n) is 4.24. The summed E-state index contributed by atoms with van der Waals surface area (Å²) in [6, 6.07) is 3.92. The lowest BCUT2D eigenvalue weighted by molar-refractivity contribution is -0.119. The smallest absolute Gasteiger partial charge is 0.231 e. The first-order valence-electron chi connectivity index (χ1n) is 6.21. The summed E-state index contributed by atoms with van der Waals surface area (Å²) in [4.78, 5) is 16.1. The Balaban J connectivity index is 1.93. The fraction of sp³-hybridized carbons (Fsp3) is 0.538. The summed E-state index contributed by atoms with van der Waals surface area (Å²) >= 11 is 1.85. The molecule has 1 aliphatic rings. The molecule has 0 aliphatic carbocycles. The molecule has 2 rings (SSSR count). The van der Waals surface area contributed by atoms with Gasteiger partial charge in [-0.05, 0) is 29.9 Å². The van der Waals surface area contributed by atoms with Crippen LogP contribution in [0.4, 0.5) is 5.82 Å². The van der Waals surface area contributed by atoms with Crippen LogP contribution in [0.25, 0.3) is 0 Å². The van der Waals surface area contributed by atoms with Crippen LogP contribution in [0.15, 0.2) is 18.3 Å². The van der Waals surface area contributed by atoms with Crippen molar-refractivity contribution >= 4 is 23.5 Å². The van der Waals surface area contributed by atoms with Gasteiger partial charge in [-0.2, -0.15) is 11.8 Å². The van der Waals surface area contributed by atoms with Crippen molar-refractivity contribution in [3.05, 3.63) is 23.9 Å². The Morgan fingerprint density at radius 3 is 3.28 bits per heavy atom. The van der Waals surface area contributed by atoms with E-state index in [0.29, 0.717) is 19.0 Å². The molecule has 1 fully saturated rings. The van der Waals surface area contributed by atoms with Crippen LogP contribution in [-0.4, -0.2) is 29.9 Å². The van der Waals surface area contributed by atoms with Crippen LogP contribution in [0.3, 0.4) is 0 Å². The van der Waals surface area contributed by atoms with Crippen LogP contribution in [0, 0.1) is 5.92 Å². The van der Waals surface area contributed by atoms with Gasteiger partial charge in [0.25, 0.3) is 0 Å². The second kappa shape index (κ2) is 6.75. The topological polar surface area (TPSA) is 51.2 Å². The molecule has 18 heavy (non-hydrogen) atoms. The SMILES string of the molecule is CCSCc1ccnc(NC(=O)[C@@H]2CCOC2)c1. The highest BCUT2D eigenvalue weighted by atomic mass is 32.2. The lowest BCUT2D eigenvalue weighted by Crippen LogP contribution is -2.23. The monoisotopic (exact) mass is 266 g/mol. The molecule has 0 radical (unpaired) electrons. The third-order valence-electron chi connectivity index (χ3n) is 2.85. The number of pyridine rings is 1. The Morgan fingerprint density at radius 1 is 1.67 bits per heavy atom. The van der Waals surface area contributed by atoms with Crippen LogP contribution in [0.2, 0.25) is 0 Å². The van der Waals surface area contributed by atoms with E-state index in [-0.39, 0.29) is 11.8 Å². The molecule has 1 N–H and O–H groups in total. The molecule has 4 nitrogen and oxygen atoms in total. The molecule has 1 amide bonds. The van der Waals surface area contributed by atoms with Gasteiger partial charge in [-0.15, -0.1) is 0 Å². The number of amides is 1. The van der Waals surface area contributed by atoms with Gasteiger partial charge in [0.05, 0.1) is 12.5 Å². The van der Waals surface area contributed by atoms with E-state index < -0.39 is 0 Å². The van der Waals surface area contributed by atoms with E-state index in [4.69, 9.17) is 4.74 Å². The maximum absolute atomic E-state index is 11.9. The van der Waals surface area contributed by atoms with Crippen LogP contribution in [-0.2, 0) is 15.3 Å².